The maximum atomic E-state index is 4.50. The average Bonchev–Trinajstić information content (AvgIpc) is 2.76. The van der Waals surface area contributed by atoms with Crippen molar-refractivity contribution in [1.82, 2.24) is 9.55 Å². The van der Waals surface area contributed by atoms with Crippen molar-refractivity contribution < 1.29 is 0 Å². The van der Waals surface area contributed by atoms with Crippen molar-refractivity contribution in [2.45, 2.75) is 84.0 Å². The Hall–Kier alpha value is -0.0600. The van der Waals surface area contributed by atoms with Crippen LogP contribution in [-0.2, 0) is 12.5 Å². The highest BCUT2D eigenvalue weighted by atomic mass is 127. The van der Waals surface area contributed by atoms with Crippen molar-refractivity contribution in [3.63, 3.8) is 0 Å². The third-order valence-electron chi connectivity index (χ3n) is 4.46. The molecule has 1 aromatic heterocycles. The van der Waals surface area contributed by atoms with Crippen molar-refractivity contribution in [2.75, 3.05) is 0 Å². The molecule has 0 N–H and O–H groups in total. The predicted octanol–water partition coefficient (Wildman–Crippen LogP) is 5.83. The number of hydrogen-bond acceptors (Lipinski definition) is 1. The lowest BCUT2D eigenvalue weighted by molar-refractivity contribution is 0.348. The standard InChI is InChI=1S/C17H31IN2/c1-5-7-9-11-13-17(3,12-10-8-6-2)15-14-19-16(18)20(15)4/h14H,5-13H2,1-4H3. The number of aromatic nitrogens is 2. The molecule has 0 saturated heterocycles. The van der Waals surface area contributed by atoms with Gasteiger partial charge in [-0.15, -0.1) is 0 Å². The third kappa shape index (κ3) is 5.05. The van der Waals surface area contributed by atoms with Crippen LogP contribution in [0, 0.1) is 3.83 Å². The van der Waals surface area contributed by atoms with E-state index in [1.165, 1.54) is 63.5 Å². The molecular weight excluding hydrogens is 359 g/mol. The number of nitrogens with zero attached hydrogens (tertiary/aromatic N) is 2. The highest BCUT2D eigenvalue weighted by Crippen LogP contribution is 2.35. The zero-order valence-electron chi connectivity index (χ0n) is 13.7. The number of hydrogen-bond donors (Lipinski definition) is 0. The quantitative estimate of drug-likeness (QED) is 0.363. The predicted molar refractivity (Wildman–Crippen MR) is 96.2 cm³/mol. The minimum atomic E-state index is 0.300. The molecule has 0 spiro atoms. The Balaban J connectivity index is 2.74. The van der Waals surface area contributed by atoms with Crippen LogP contribution >= 0.6 is 22.6 Å². The largest absolute Gasteiger partial charge is 0.326 e. The molecule has 0 bridgehead atoms. The molecule has 1 rings (SSSR count). The highest BCUT2D eigenvalue weighted by Gasteiger charge is 2.29. The Bertz CT molecular complexity index is 386. The molecule has 0 aliphatic heterocycles. The normalized spacial score (nSPS) is 14.4. The van der Waals surface area contributed by atoms with Gasteiger partial charge in [0.15, 0.2) is 3.83 Å². The fourth-order valence-corrected chi connectivity index (χ4v) is 3.44. The fraction of sp³-hybridized carbons (Fsp3) is 0.824. The lowest BCUT2D eigenvalue weighted by Crippen LogP contribution is -2.25. The summed E-state index contributed by atoms with van der Waals surface area (Å²) < 4.78 is 3.39. The summed E-state index contributed by atoms with van der Waals surface area (Å²) in [6.45, 7) is 7.01. The molecule has 1 heterocycles. The molecule has 0 aliphatic rings. The summed E-state index contributed by atoms with van der Waals surface area (Å²) in [6, 6.07) is 0. The summed E-state index contributed by atoms with van der Waals surface area (Å²) in [7, 11) is 2.16. The van der Waals surface area contributed by atoms with Gasteiger partial charge < -0.3 is 4.57 Å². The first-order valence-electron chi connectivity index (χ1n) is 8.23. The molecule has 0 radical (unpaired) electrons. The van der Waals surface area contributed by atoms with Crippen LogP contribution in [0.3, 0.4) is 0 Å². The minimum absolute atomic E-state index is 0.300. The Morgan fingerprint density at radius 1 is 1.05 bits per heavy atom. The van der Waals surface area contributed by atoms with E-state index in [0.717, 1.165) is 3.83 Å². The van der Waals surface area contributed by atoms with Gasteiger partial charge >= 0.3 is 0 Å². The van der Waals surface area contributed by atoms with E-state index in [9.17, 15) is 0 Å². The second-order valence-corrected chi connectivity index (χ2v) is 7.26. The topological polar surface area (TPSA) is 17.8 Å². The first kappa shape index (κ1) is 18.0. The first-order valence-corrected chi connectivity index (χ1v) is 9.30. The van der Waals surface area contributed by atoms with Crippen LogP contribution < -0.4 is 0 Å². The van der Waals surface area contributed by atoms with E-state index in [4.69, 9.17) is 0 Å². The lowest BCUT2D eigenvalue weighted by atomic mass is 9.77. The van der Waals surface area contributed by atoms with E-state index in [-0.39, 0.29) is 0 Å². The Kier molecular flexibility index (Phi) is 8.15. The van der Waals surface area contributed by atoms with E-state index in [1.807, 2.05) is 0 Å². The molecule has 1 aromatic rings. The third-order valence-corrected chi connectivity index (χ3v) is 5.47. The molecule has 2 nitrogen and oxygen atoms in total. The Labute approximate surface area is 138 Å². The van der Waals surface area contributed by atoms with Gasteiger partial charge in [-0.25, -0.2) is 4.98 Å². The summed E-state index contributed by atoms with van der Waals surface area (Å²) in [6.07, 6.45) is 14.1. The minimum Gasteiger partial charge on any atom is -0.326 e. The molecule has 1 atom stereocenters. The second kappa shape index (κ2) is 9.06. The fourth-order valence-electron chi connectivity index (χ4n) is 3.04. The van der Waals surface area contributed by atoms with Gasteiger partial charge in [0.2, 0.25) is 0 Å². The maximum Gasteiger partial charge on any atom is 0.171 e. The van der Waals surface area contributed by atoms with E-state index < -0.39 is 0 Å². The molecule has 1 unspecified atom stereocenters. The highest BCUT2D eigenvalue weighted by molar-refractivity contribution is 14.1. The molecule has 0 fully saturated rings. The van der Waals surface area contributed by atoms with Gasteiger partial charge in [0.1, 0.15) is 0 Å². The summed E-state index contributed by atoms with van der Waals surface area (Å²) in [5, 5.41) is 0. The average molecular weight is 390 g/mol. The van der Waals surface area contributed by atoms with Crippen LogP contribution in [-0.4, -0.2) is 9.55 Å². The lowest BCUT2D eigenvalue weighted by Gasteiger charge is -2.30. The molecule has 0 aliphatic carbocycles. The smallest absolute Gasteiger partial charge is 0.171 e. The van der Waals surface area contributed by atoms with E-state index in [0.29, 0.717) is 5.41 Å². The number of unbranched alkanes of at least 4 members (excludes halogenated alkanes) is 5. The van der Waals surface area contributed by atoms with Crippen LogP contribution in [0.1, 0.15) is 84.3 Å². The van der Waals surface area contributed by atoms with Gasteiger partial charge in [0, 0.05) is 24.4 Å². The molecule has 0 aromatic carbocycles. The molecule has 0 saturated carbocycles. The second-order valence-electron chi connectivity index (χ2n) is 6.30. The van der Waals surface area contributed by atoms with Gasteiger partial charge in [0.05, 0.1) is 0 Å². The van der Waals surface area contributed by atoms with Crippen LogP contribution in [0.4, 0.5) is 0 Å². The monoisotopic (exact) mass is 390 g/mol. The number of imidazole rings is 1. The van der Waals surface area contributed by atoms with Crippen molar-refractivity contribution >= 4 is 22.6 Å². The van der Waals surface area contributed by atoms with Crippen molar-refractivity contribution in [3.8, 4) is 0 Å². The van der Waals surface area contributed by atoms with Crippen molar-refractivity contribution in [1.29, 1.82) is 0 Å². The summed E-state index contributed by atoms with van der Waals surface area (Å²) >= 11 is 2.33. The van der Waals surface area contributed by atoms with Gasteiger partial charge in [-0.2, -0.15) is 0 Å². The number of halogens is 1. The van der Waals surface area contributed by atoms with E-state index in [2.05, 4.69) is 66.2 Å². The zero-order chi connectivity index (χ0) is 15.0. The summed E-state index contributed by atoms with van der Waals surface area (Å²) in [5.41, 5.74) is 1.73. The van der Waals surface area contributed by atoms with Crippen LogP contribution in [0.15, 0.2) is 6.20 Å². The van der Waals surface area contributed by atoms with Crippen molar-refractivity contribution in [2.24, 2.45) is 7.05 Å². The first-order chi connectivity index (χ1) is 9.55. The van der Waals surface area contributed by atoms with Crippen molar-refractivity contribution in [3.05, 3.63) is 15.7 Å². The number of rotatable bonds is 10. The molecular formula is C17H31IN2. The van der Waals surface area contributed by atoms with Gasteiger partial charge in [0.25, 0.3) is 0 Å². The molecule has 3 heteroatoms. The van der Waals surface area contributed by atoms with E-state index in [1.54, 1.807) is 0 Å². The zero-order valence-corrected chi connectivity index (χ0v) is 15.9. The van der Waals surface area contributed by atoms with Crippen LogP contribution in [0.25, 0.3) is 0 Å². The SMILES string of the molecule is CCCCCCC(C)(CCCCC)c1cnc(I)n1C. The summed E-state index contributed by atoms with van der Waals surface area (Å²) in [4.78, 5) is 4.50. The Morgan fingerprint density at radius 2 is 1.60 bits per heavy atom. The maximum absolute atomic E-state index is 4.50. The van der Waals surface area contributed by atoms with Crippen LogP contribution in [0.5, 0.6) is 0 Å². The van der Waals surface area contributed by atoms with Gasteiger partial charge in [-0.3, -0.25) is 0 Å². The molecule has 20 heavy (non-hydrogen) atoms. The van der Waals surface area contributed by atoms with Gasteiger partial charge in [-0.1, -0.05) is 65.7 Å². The molecule has 116 valence electrons. The summed E-state index contributed by atoms with van der Waals surface area (Å²) in [5.74, 6) is 0. The van der Waals surface area contributed by atoms with Crippen LogP contribution in [0.2, 0.25) is 0 Å². The Morgan fingerprint density at radius 3 is 2.10 bits per heavy atom. The van der Waals surface area contributed by atoms with Gasteiger partial charge in [-0.05, 0) is 35.4 Å². The van der Waals surface area contributed by atoms with E-state index >= 15 is 0 Å². The molecule has 0 amide bonds.